The molecule has 2 aromatic rings. The van der Waals surface area contributed by atoms with Crippen molar-refractivity contribution in [2.24, 2.45) is 5.41 Å². The van der Waals surface area contributed by atoms with E-state index in [2.05, 4.69) is 15.4 Å². The minimum absolute atomic E-state index is 0.0873. The minimum Gasteiger partial charge on any atom is -0.463 e. The number of alkyl halides is 4. The number of ether oxygens (including phenoxy) is 2. The van der Waals surface area contributed by atoms with E-state index in [1.165, 1.54) is 18.2 Å². The molecule has 1 aromatic carbocycles. The highest BCUT2D eigenvalue weighted by atomic mass is 35.5. The molecule has 13 heteroatoms. The molecule has 35 heavy (non-hydrogen) atoms. The number of hydrogen-bond donors (Lipinski definition) is 1. The van der Waals surface area contributed by atoms with Crippen LogP contribution in [0.25, 0.3) is 11.4 Å². The number of hydrogen-bond acceptors (Lipinski definition) is 6. The van der Waals surface area contributed by atoms with Crippen LogP contribution in [0, 0.1) is 5.41 Å². The fourth-order valence-electron chi connectivity index (χ4n) is 3.34. The molecule has 1 aromatic heterocycles. The maximum Gasteiger partial charge on any atom is 0.408 e. The normalized spacial score (nSPS) is 15.7. The number of carbonyl (C=O) groups excluding carboxylic acids is 2. The third-order valence-electron chi connectivity index (χ3n) is 5.35. The zero-order chi connectivity index (χ0) is 26.0. The first-order chi connectivity index (χ1) is 16.3. The molecule has 1 aliphatic carbocycles. The molecular formula is C22H25ClF4N4O4. The number of rotatable bonds is 9. The van der Waals surface area contributed by atoms with E-state index in [-0.39, 0.29) is 29.3 Å². The standard InChI is InChI=1S/C22H25ClF4N4O4/c1-21(2,3)35-20(33)30-15(10-34-16(32)9-22(6-7-22)18(24)25)12-4-5-14(23)13(8-12)17-28-11-29-31(17)19(26)27/h4-5,8,11,15,18-19H,6-7,9-10H2,1-3H3,(H,30,33)/t15-/m1/s1. The van der Waals surface area contributed by atoms with Crippen LogP contribution in [0.1, 0.15) is 58.2 Å². The molecule has 1 heterocycles. The van der Waals surface area contributed by atoms with Crippen molar-refractivity contribution in [1.29, 1.82) is 0 Å². The van der Waals surface area contributed by atoms with E-state index in [9.17, 15) is 27.2 Å². The Balaban J connectivity index is 1.84. The average molecular weight is 521 g/mol. The summed E-state index contributed by atoms with van der Waals surface area (Å²) in [5, 5.41) is 6.13. The molecule has 0 spiro atoms. The second-order valence-electron chi connectivity index (χ2n) is 9.27. The van der Waals surface area contributed by atoms with Crippen LogP contribution >= 0.6 is 11.6 Å². The monoisotopic (exact) mass is 520 g/mol. The first kappa shape index (κ1) is 26.7. The number of alkyl carbamates (subject to hydrolysis) is 1. The minimum atomic E-state index is -2.98. The molecule has 0 bridgehead atoms. The van der Waals surface area contributed by atoms with Gasteiger partial charge in [0.25, 0.3) is 0 Å². The largest absolute Gasteiger partial charge is 0.463 e. The summed E-state index contributed by atoms with van der Waals surface area (Å²) in [4.78, 5) is 28.5. The van der Waals surface area contributed by atoms with E-state index < -0.39 is 55.1 Å². The van der Waals surface area contributed by atoms with Crippen molar-refractivity contribution >= 4 is 23.7 Å². The second-order valence-corrected chi connectivity index (χ2v) is 9.67. The fourth-order valence-corrected chi connectivity index (χ4v) is 3.54. The lowest BCUT2D eigenvalue weighted by atomic mass is 10.0. The van der Waals surface area contributed by atoms with Crippen molar-refractivity contribution in [3.05, 3.63) is 35.1 Å². The Hall–Kier alpha value is -2.89. The Labute approximate surface area is 203 Å². The second kappa shape index (κ2) is 10.4. The van der Waals surface area contributed by atoms with Crippen LogP contribution in [0.4, 0.5) is 22.4 Å². The van der Waals surface area contributed by atoms with Gasteiger partial charge in [-0.1, -0.05) is 17.7 Å². The van der Waals surface area contributed by atoms with E-state index >= 15 is 0 Å². The zero-order valence-corrected chi connectivity index (χ0v) is 20.0. The molecular weight excluding hydrogens is 496 g/mol. The summed E-state index contributed by atoms with van der Waals surface area (Å²) in [6.07, 6.45) is -2.53. The summed E-state index contributed by atoms with van der Waals surface area (Å²) < 4.78 is 63.8. The quantitative estimate of drug-likeness (QED) is 0.344. The van der Waals surface area contributed by atoms with Gasteiger partial charge in [-0.3, -0.25) is 4.79 Å². The molecule has 192 valence electrons. The summed E-state index contributed by atoms with van der Waals surface area (Å²) in [5.41, 5.74) is -1.78. The van der Waals surface area contributed by atoms with Gasteiger partial charge in [0.2, 0.25) is 6.43 Å². The zero-order valence-electron chi connectivity index (χ0n) is 19.2. The first-order valence-corrected chi connectivity index (χ1v) is 11.1. The van der Waals surface area contributed by atoms with E-state index in [4.69, 9.17) is 21.1 Å². The highest BCUT2D eigenvalue weighted by Crippen LogP contribution is 2.53. The van der Waals surface area contributed by atoms with Gasteiger partial charge in [0, 0.05) is 11.0 Å². The van der Waals surface area contributed by atoms with Crippen LogP contribution < -0.4 is 5.32 Å². The van der Waals surface area contributed by atoms with Gasteiger partial charge >= 0.3 is 18.6 Å². The Kier molecular flexibility index (Phi) is 7.93. The number of benzene rings is 1. The van der Waals surface area contributed by atoms with Crippen molar-refractivity contribution in [1.82, 2.24) is 20.1 Å². The molecule has 0 radical (unpaired) electrons. The van der Waals surface area contributed by atoms with Crippen molar-refractivity contribution in [2.75, 3.05) is 6.61 Å². The lowest BCUT2D eigenvalue weighted by Gasteiger charge is -2.24. The highest BCUT2D eigenvalue weighted by Gasteiger charge is 2.52. The topological polar surface area (TPSA) is 95.3 Å². The number of nitrogens with zero attached hydrogens (tertiary/aromatic N) is 3. The summed E-state index contributed by atoms with van der Waals surface area (Å²) in [7, 11) is 0. The molecule has 8 nitrogen and oxygen atoms in total. The van der Waals surface area contributed by atoms with E-state index in [1.807, 2.05) is 0 Å². The fraction of sp³-hybridized carbons (Fsp3) is 0.545. The van der Waals surface area contributed by atoms with Gasteiger partial charge in [-0.05, 0) is 51.3 Å². The molecule has 1 atom stereocenters. The SMILES string of the molecule is CC(C)(C)OC(=O)N[C@H](COC(=O)CC1(C(F)F)CC1)c1ccc(Cl)c(-c2ncnn2C(F)F)c1. The lowest BCUT2D eigenvalue weighted by Crippen LogP contribution is -2.37. The van der Waals surface area contributed by atoms with Crippen LogP contribution in [-0.2, 0) is 14.3 Å². The Morgan fingerprint density at radius 3 is 2.49 bits per heavy atom. The van der Waals surface area contributed by atoms with E-state index in [0.29, 0.717) is 10.2 Å². The number of nitrogens with one attached hydrogen (secondary N) is 1. The average Bonchev–Trinajstić information content (AvgIpc) is 3.35. The van der Waals surface area contributed by atoms with Crippen LogP contribution in [0.2, 0.25) is 5.02 Å². The molecule has 1 N–H and O–H groups in total. The predicted molar refractivity (Wildman–Crippen MR) is 117 cm³/mol. The van der Waals surface area contributed by atoms with Crippen LogP contribution in [0.5, 0.6) is 0 Å². The summed E-state index contributed by atoms with van der Waals surface area (Å²) >= 11 is 6.20. The van der Waals surface area contributed by atoms with Gasteiger partial charge in [-0.25, -0.2) is 18.6 Å². The number of halogens is 5. The Bertz CT molecular complexity index is 1070. The number of aromatic nitrogens is 3. The van der Waals surface area contributed by atoms with Gasteiger partial charge in [0.05, 0.1) is 17.5 Å². The highest BCUT2D eigenvalue weighted by molar-refractivity contribution is 6.33. The third kappa shape index (κ3) is 6.83. The van der Waals surface area contributed by atoms with Gasteiger partial charge in [0.1, 0.15) is 18.5 Å². The molecule has 1 aliphatic rings. The molecule has 0 aliphatic heterocycles. The Morgan fingerprint density at radius 1 is 1.23 bits per heavy atom. The van der Waals surface area contributed by atoms with Crippen LogP contribution in [-0.4, -0.2) is 45.5 Å². The summed E-state index contributed by atoms with van der Waals surface area (Å²) in [5.74, 6) is -1.06. The van der Waals surface area contributed by atoms with Crippen molar-refractivity contribution in [3.63, 3.8) is 0 Å². The lowest BCUT2D eigenvalue weighted by molar-refractivity contribution is -0.147. The Morgan fingerprint density at radius 2 is 1.91 bits per heavy atom. The van der Waals surface area contributed by atoms with Gasteiger partial charge < -0.3 is 14.8 Å². The van der Waals surface area contributed by atoms with Crippen molar-refractivity contribution in [2.45, 2.75) is 64.7 Å². The molecule has 0 saturated heterocycles. The van der Waals surface area contributed by atoms with Crippen LogP contribution in [0.15, 0.2) is 24.5 Å². The van der Waals surface area contributed by atoms with Crippen molar-refractivity contribution < 1.29 is 36.6 Å². The predicted octanol–water partition coefficient (Wildman–Crippen LogP) is 5.54. The molecule has 1 saturated carbocycles. The smallest absolute Gasteiger partial charge is 0.408 e. The van der Waals surface area contributed by atoms with Gasteiger partial charge in [0.15, 0.2) is 5.82 Å². The summed E-state index contributed by atoms with van der Waals surface area (Å²) in [6.45, 7) is 1.56. The number of amides is 1. The maximum atomic E-state index is 13.3. The molecule has 3 rings (SSSR count). The van der Waals surface area contributed by atoms with Crippen LogP contribution in [0.3, 0.4) is 0 Å². The van der Waals surface area contributed by atoms with E-state index in [1.54, 1.807) is 20.8 Å². The van der Waals surface area contributed by atoms with Crippen molar-refractivity contribution in [3.8, 4) is 11.4 Å². The first-order valence-electron chi connectivity index (χ1n) is 10.7. The molecule has 1 fully saturated rings. The summed E-state index contributed by atoms with van der Waals surface area (Å²) in [6, 6.07) is 3.28. The third-order valence-corrected chi connectivity index (χ3v) is 5.67. The van der Waals surface area contributed by atoms with Gasteiger partial charge in [-0.15, -0.1) is 0 Å². The molecule has 1 amide bonds. The number of carbonyl (C=O) groups is 2. The maximum absolute atomic E-state index is 13.3. The number of esters is 1. The van der Waals surface area contributed by atoms with E-state index in [0.717, 1.165) is 6.33 Å². The molecule has 0 unspecified atom stereocenters. The van der Waals surface area contributed by atoms with Gasteiger partial charge in [-0.2, -0.15) is 18.6 Å².